The van der Waals surface area contributed by atoms with Gasteiger partial charge in [0, 0.05) is 12.0 Å². The number of hydrogen-bond acceptors (Lipinski definition) is 6. The van der Waals surface area contributed by atoms with Crippen LogP contribution in [0.1, 0.15) is 11.7 Å². The third kappa shape index (κ3) is 2.41. The van der Waals surface area contributed by atoms with Crippen LogP contribution in [0.15, 0.2) is 18.2 Å². The van der Waals surface area contributed by atoms with Crippen molar-refractivity contribution >= 4 is 24.4 Å². The molecule has 0 saturated carbocycles. The number of benzene rings is 1. The van der Waals surface area contributed by atoms with E-state index in [0.717, 1.165) is 11.0 Å². The van der Waals surface area contributed by atoms with Crippen LogP contribution in [0, 0.1) is 0 Å². The first-order chi connectivity index (χ1) is 9.74. The van der Waals surface area contributed by atoms with E-state index in [2.05, 4.69) is 4.84 Å². The molecule has 6 nitrogen and oxygen atoms in total. The zero-order chi connectivity index (χ0) is 14.1. The monoisotopic (exact) mass is 299 g/mol. The first kappa shape index (κ1) is 14.1. The van der Waals surface area contributed by atoms with Gasteiger partial charge >= 0.3 is 7.12 Å². The molecule has 0 spiro atoms. The van der Waals surface area contributed by atoms with E-state index < -0.39 is 25.9 Å². The van der Waals surface area contributed by atoms with Gasteiger partial charge in [-0.3, -0.25) is 0 Å². The zero-order valence-corrected chi connectivity index (χ0v) is 11.4. The molecule has 0 aliphatic carbocycles. The Morgan fingerprint density at radius 2 is 2.30 bits per heavy atom. The summed E-state index contributed by atoms with van der Waals surface area (Å²) < 4.78 is 17.2. The fourth-order valence-corrected chi connectivity index (χ4v) is 2.67. The lowest BCUT2D eigenvalue weighted by Crippen LogP contribution is -2.42. The molecule has 0 fully saturated rings. The molecule has 2 aliphatic heterocycles. The maximum absolute atomic E-state index is 9.74. The van der Waals surface area contributed by atoms with Crippen LogP contribution in [-0.2, 0) is 9.31 Å². The molecular formula is C12H15BClNO5. The van der Waals surface area contributed by atoms with Crippen molar-refractivity contribution in [3.05, 3.63) is 23.8 Å². The smallest absolute Gasteiger partial charge is 0.491 e. The summed E-state index contributed by atoms with van der Waals surface area (Å²) in [6, 6.07) is 5.65. The van der Waals surface area contributed by atoms with E-state index in [0.29, 0.717) is 12.3 Å². The molecule has 2 heterocycles. The van der Waals surface area contributed by atoms with Gasteiger partial charge in [0.05, 0.1) is 12.7 Å². The Balaban J connectivity index is 1.91. The van der Waals surface area contributed by atoms with Crippen molar-refractivity contribution in [2.45, 2.75) is 18.3 Å². The van der Waals surface area contributed by atoms with Crippen molar-refractivity contribution in [1.29, 1.82) is 0 Å². The second kappa shape index (κ2) is 5.89. The number of nitrogens with one attached hydrogen (secondary N) is 1. The summed E-state index contributed by atoms with van der Waals surface area (Å²) in [6.45, 7) is 0.207. The van der Waals surface area contributed by atoms with E-state index in [-0.39, 0.29) is 12.7 Å². The van der Waals surface area contributed by atoms with Crippen LogP contribution in [-0.4, -0.2) is 49.3 Å². The van der Waals surface area contributed by atoms with E-state index in [1.807, 2.05) is 18.2 Å². The van der Waals surface area contributed by atoms with Gasteiger partial charge in [-0.25, -0.2) is 4.84 Å². The number of aliphatic hydroxyl groups is 2. The topological polar surface area (TPSA) is 80.2 Å². The van der Waals surface area contributed by atoms with E-state index in [9.17, 15) is 5.11 Å². The lowest BCUT2D eigenvalue weighted by atomic mass is 9.77. The maximum atomic E-state index is 9.74. The third-order valence-corrected chi connectivity index (χ3v) is 3.70. The minimum absolute atomic E-state index is 0.163. The quantitative estimate of drug-likeness (QED) is 0.505. The largest absolute Gasteiger partial charge is 0.498 e. The minimum Gasteiger partial charge on any atom is -0.491 e. The second-order valence-electron chi connectivity index (χ2n) is 4.79. The van der Waals surface area contributed by atoms with Gasteiger partial charge < -0.3 is 24.3 Å². The number of ether oxygens (including phenoxy) is 1. The summed E-state index contributed by atoms with van der Waals surface area (Å²) in [7, 11) is -0.620. The van der Waals surface area contributed by atoms with E-state index in [1.54, 1.807) is 0 Å². The van der Waals surface area contributed by atoms with E-state index >= 15 is 0 Å². The molecule has 3 atom stereocenters. The highest BCUT2D eigenvalue weighted by atomic mass is 35.5. The maximum Gasteiger partial charge on any atom is 0.498 e. The van der Waals surface area contributed by atoms with Gasteiger partial charge in [-0.05, 0) is 23.4 Å². The van der Waals surface area contributed by atoms with Gasteiger partial charge in [-0.15, -0.1) is 0 Å². The predicted molar refractivity (Wildman–Crippen MR) is 73.0 cm³/mol. The van der Waals surface area contributed by atoms with Crippen LogP contribution < -0.4 is 15.0 Å². The lowest BCUT2D eigenvalue weighted by Gasteiger charge is -2.22. The minimum atomic E-state index is -1.01. The highest BCUT2D eigenvalue weighted by molar-refractivity contribution is 6.64. The number of aliphatic hydroxyl groups excluding tert-OH is 2. The Kier molecular flexibility index (Phi) is 4.16. The standard InChI is InChI=1S/C12H15BClNO5/c14-15-4-10-7-2-1-3-9-12(7)13(19-10)20-11(6-18-9)8(17)5-16/h1-3,8,10-11,15-17H,4-6H2. The first-order valence-electron chi connectivity index (χ1n) is 6.43. The molecule has 0 radical (unpaired) electrons. The molecule has 2 aliphatic rings. The zero-order valence-electron chi connectivity index (χ0n) is 10.7. The Hall–Kier alpha value is -0.825. The van der Waals surface area contributed by atoms with Crippen LogP contribution in [0.3, 0.4) is 0 Å². The lowest BCUT2D eigenvalue weighted by molar-refractivity contribution is -0.0300. The Bertz CT molecular complexity index is 491. The molecule has 1 aromatic rings. The summed E-state index contributed by atoms with van der Waals surface area (Å²) >= 11 is 5.55. The molecule has 0 aromatic heterocycles. The molecular weight excluding hydrogens is 284 g/mol. The highest BCUT2D eigenvalue weighted by Crippen LogP contribution is 2.31. The SMILES string of the molecule is OCC(O)C1COc2cccc3c2B(OC3CNCl)O1. The molecule has 1 aromatic carbocycles. The van der Waals surface area contributed by atoms with Gasteiger partial charge in [0.25, 0.3) is 0 Å². The molecule has 0 bridgehead atoms. The van der Waals surface area contributed by atoms with Crippen molar-refractivity contribution < 1.29 is 24.3 Å². The summed E-state index contributed by atoms with van der Waals surface area (Å²) in [5.41, 5.74) is 1.79. The van der Waals surface area contributed by atoms with E-state index in [4.69, 9.17) is 30.9 Å². The summed E-state index contributed by atoms with van der Waals surface area (Å²) in [5, 5.41) is 18.8. The van der Waals surface area contributed by atoms with Gasteiger partial charge in [-0.2, -0.15) is 0 Å². The third-order valence-electron chi connectivity index (χ3n) is 3.55. The Morgan fingerprint density at radius 1 is 1.45 bits per heavy atom. The molecule has 3 rings (SSSR count). The van der Waals surface area contributed by atoms with Crippen molar-refractivity contribution in [2.24, 2.45) is 0 Å². The van der Waals surface area contributed by atoms with Crippen molar-refractivity contribution in [2.75, 3.05) is 19.8 Å². The Labute approximate surface area is 121 Å². The molecule has 108 valence electrons. The van der Waals surface area contributed by atoms with Crippen LogP contribution in [0.25, 0.3) is 0 Å². The van der Waals surface area contributed by atoms with Crippen molar-refractivity contribution in [3.63, 3.8) is 0 Å². The summed E-state index contributed by atoms with van der Waals surface area (Å²) in [5.74, 6) is 0.678. The number of rotatable bonds is 4. The average Bonchev–Trinajstić information content (AvgIpc) is 2.70. The normalized spacial score (nSPS) is 25.9. The fourth-order valence-electron chi connectivity index (χ4n) is 2.53. The van der Waals surface area contributed by atoms with Crippen molar-refractivity contribution in [3.8, 4) is 5.75 Å². The van der Waals surface area contributed by atoms with Crippen LogP contribution in [0.2, 0.25) is 0 Å². The Morgan fingerprint density at radius 3 is 3.05 bits per heavy atom. The number of halogens is 1. The van der Waals surface area contributed by atoms with Gasteiger partial charge in [-0.1, -0.05) is 12.1 Å². The summed E-state index contributed by atoms with van der Waals surface area (Å²) in [6.07, 6.45) is -1.89. The molecule has 20 heavy (non-hydrogen) atoms. The summed E-state index contributed by atoms with van der Waals surface area (Å²) in [4.78, 5) is 2.56. The second-order valence-corrected chi connectivity index (χ2v) is 5.06. The van der Waals surface area contributed by atoms with Crippen LogP contribution in [0.5, 0.6) is 5.75 Å². The van der Waals surface area contributed by atoms with Crippen LogP contribution in [0.4, 0.5) is 0 Å². The van der Waals surface area contributed by atoms with Crippen LogP contribution >= 0.6 is 11.8 Å². The molecule has 3 unspecified atom stereocenters. The molecule has 0 amide bonds. The van der Waals surface area contributed by atoms with Crippen molar-refractivity contribution in [1.82, 2.24) is 4.84 Å². The fraction of sp³-hybridized carbons (Fsp3) is 0.500. The van der Waals surface area contributed by atoms with Gasteiger partial charge in [0.15, 0.2) is 0 Å². The highest BCUT2D eigenvalue weighted by Gasteiger charge is 2.44. The van der Waals surface area contributed by atoms with Gasteiger partial charge in [0.1, 0.15) is 24.6 Å². The van der Waals surface area contributed by atoms with Gasteiger partial charge in [0.2, 0.25) is 0 Å². The average molecular weight is 300 g/mol. The number of hydrogen-bond donors (Lipinski definition) is 3. The van der Waals surface area contributed by atoms with E-state index in [1.165, 1.54) is 0 Å². The predicted octanol–water partition coefficient (Wildman–Crippen LogP) is -0.673. The first-order valence-corrected chi connectivity index (χ1v) is 6.81. The molecule has 8 heteroatoms. The molecule has 3 N–H and O–H groups in total. The molecule has 0 saturated heterocycles.